The van der Waals surface area contributed by atoms with E-state index in [0.717, 1.165) is 6.42 Å². The summed E-state index contributed by atoms with van der Waals surface area (Å²) in [6.07, 6.45) is 0.376. The van der Waals surface area contributed by atoms with E-state index in [1.807, 2.05) is 6.92 Å². The van der Waals surface area contributed by atoms with Gasteiger partial charge in [0.15, 0.2) is 0 Å². The summed E-state index contributed by atoms with van der Waals surface area (Å²) in [5, 5.41) is 21.3. The predicted octanol–water partition coefficient (Wildman–Crippen LogP) is 0.215. The Morgan fingerprint density at radius 2 is 2.00 bits per heavy atom. The zero-order valence-electron chi connectivity index (χ0n) is 11.9. The normalized spacial score (nSPS) is 12.9. The van der Waals surface area contributed by atoms with E-state index in [1.54, 1.807) is 13.8 Å². The first-order valence-electron chi connectivity index (χ1n) is 6.57. The van der Waals surface area contributed by atoms with Crippen molar-refractivity contribution in [2.45, 2.75) is 46.1 Å². The number of aliphatic hydroxyl groups excluding tert-OH is 2. The summed E-state index contributed by atoms with van der Waals surface area (Å²) in [4.78, 5) is 22.6. The molecule has 112 valence electrons. The van der Waals surface area contributed by atoms with Gasteiger partial charge in [-0.05, 0) is 12.8 Å². The van der Waals surface area contributed by atoms with Crippen molar-refractivity contribution in [1.82, 2.24) is 5.32 Å². The molecular weight excluding hydrogens is 250 g/mol. The molecule has 6 heteroatoms. The maximum absolute atomic E-state index is 11.6. The molecule has 0 bridgehead atoms. The van der Waals surface area contributed by atoms with Gasteiger partial charge in [-0.2, -0.15) is 0 Å². The Morgan fingerprint density at radius 3 is 2.53 bits per heavy atom. The zero-order valence-corrected chi connectivity index (χ0v) is 11.9. The van der Waals surface area contributed by atoms with Gasteiger partial charge >= 0.3 is 5.97 Å². The summed E-state index contributed by atoms with van der Waals surface area (Å²) in [6, 6.07) is 0. The molecule has 0 aromatic carbocycles. The minimum absolute atomic E-state index is 0.240. The standard InChI is InChI=1S/C13H25NO5/c1-4-6-10(16)19-8-5-7-14-12(18)11(17)13(2,3)9-15/h11,15,17H,4-9H2,1-3H3,(H,14,18). The maximum atomic E-state index is 11.6. The number of hydrogen-bond donors (Lipinski definition) is 3. The number of amides is 1. The van der Waals surface area contributed by atoms with Crippen molar-refractivity contribution in [2.75, 3.05) is 19.8 Å². The average Bonchev–Trinajstić information content (AvgIpc) is 2.37. The van der Waals surface area contributed by atoms with Crippen molar-refractivity contribution in [1.29, 1.82) is 0 Å². The number of aliphatic hydroxyl groups is 2. The second-order valence-corrected chi connectivity index (χ2v) is 5.16. The van der Waals surface area contributed by atoms with Crippen LogP contribution in [-0.4, -0.2) is 48.0 Å². The first kappa shape index (κ1) is 17.9. The van der Waals surface area contributed by atoms with Crippen LogP contribution < -0.4 is 5.32 Å². The van der Waals surface area contributed by atoms with E-state index >= 15 is 0 Å². The van der Waals surface area contributed by atoms with E-state index in [-0.39, 0.29) is 19.2 Å². The Labute approximate surface area is 114 Å². The van der Waals surface area contributed by atoms with E-state index in [1.165, 1.54) is 0 Å². The predicted molar refractivity (Wildman–Crippen MR) is 70.4 cm³/mol. The maximum Gasteiger partial charge on any atom is 0.305 e. The van der Waals surface area contributed by atoms with E-state index in [9.17, 15) is 14.7 Å². The van der Waals surface area contributed by atoms with Crippen molar-refractivity contribution in [3.8, 4) is 0 Å². The highest BCUT2D eigenvalue weighted by Gasteiger charge is 2.32. The summed E-state index contributed by atoms with van der Waals surface area (Å²) in [5.41, 5.74) is -0.877. The van der Waals surface area contributed by atoms with E-state index in [4.69, 9.17) is 9.84 Å². The van der Waals surface area contributed by atoms with Gasteiger partial charge in [0.05, 0.1) is 13.2 Å². The van der Waals surface area contributed by atoms with Crippen LogP contribution in [0.4, 0.5) is 0 Å². The van der Waals surface area contributed by atoms with Gasteiger partial charge in [-0.1, -0.05) is 20.8 Å². The second kappa shape index (κ2) is 8.87. The Kier molecular flexibility index (Phi) is 8.34. The van der Waals surface area contributed by atoms with Crippen LogP contribution in [0.15, 0.2) is 0 Å². The minimum atomic E-state index is -1.26. The van der Waals surface area contributed by atoms with Crippen LogP contribution in [0.2, 0.25) is 0 Å². The second-order valence-electron chi connectivity index (χ2n) is 5.16. The first-order valence-corrected chi connectivity index (χ1v) is 6.57. The summed E-state index contributed by atoms with van der Waals surface area (Å²) in [7, 11) is 0. The molecule has 1 atom stereocenters. The molecule has 1 amide bonds. The van der Waals surface area contributed by atoms with Crippen LogP contribution in [0.3, 0.4) is 0 Å². The quantitative estimate of drug-likeness (QED) is 0.413. The lowest BCUT2D eigenvalue weighted by atomic mass is 9.87. The van der Waals surface area contributed by atoms with Gasteiger partial charge in [-0.15, -0.1) is 0 Å². The average molecular weight is 275 g/mol. The fourth-order valence-electron chi connectivity index (χ4n) is 1.28. The largest absolute Gasteiger partial charge is 0.466 e. The molecule has 0 fully saturated rings. The van der Waals surface area contributed by atoms with E-state index in [0.29, 0.717) is 19.4 Å². The zero-order chi connectivity index (χ0) is 14.9. The van der Waals surface area contributed by atoms with Gasteiger partial charge in [0.25, 0.3) is 0 Å². The molecule has 0 aromatic heterocycles. The van der Waals surface area contributed by atoms with Gasteiger partial charge in [-0.25, -0.2) is 0 Å². The molecule has 0 heterocycles. The highest BCUT2D eigenvalue weighted by molar-refractivity contribution is 5.81. The fraction of sp³-hybridized carbons (Fsp3) is 0.846. The third-order valence-electron chi connectivity index (χ3n) is 2.73. The van der Waals surface area contributed by atoms with Crippen LogP contribution in [0.1, 0.15) is 40.0 Å². The molecule has 0 aliphatic heterocycles. The lowest BCUT2D eigenvalue weighted by Crippen LogP contribution is -2.45. The van der Waals surface area contributed by atoms with Gasteiger partial charge in [0.1, 0.15) is 6.10 Å². The molecule has 0 saturated carbocycles. The van der Waals surface area contributed by atoms with E-state index in [2.05, 4.69) is 5.32 Å². The van der Waals surface area contributed by atoms with Crippen LogP contribution in [0.5, 0.6) is 0 Å². The summed E-state index contributed by atoms with van der Waals surface area (Å²) in [6.45, 7) is 5.38. The van der Waals surface area contributed by atoms with Gasteiger partial charge in [0.2, 0.25) is 5.91 Å². The molecule has 6 nitrogen and oxygen atoms in total. The molecular formula is C13H25NO5. The number of nitrogens with one attached hydrogen (secondary N) is 1. The van der Waals surface area contributed by atoms with Gasteiger partial charge in [-0.3, -0.25) is 9.59 Å². The van der Waals surface area contributed by atoms with Crippen LogP contribution >= 0.6 is 0 Å². The van der Waals surface area contributed by atoms with Crippen LogP contribution in [-0.2, 0) is 14.3 Å². The Balaban J connectivity index is 3.78. The summed E-state index contributed by atoms with van der Waals surface area (Å²) >= 11 is 0. The lowest BCUT2D eigenvalue weighted by molar-refractivity contribution is -0.143. The summed E-state index contributed by atoms with van der Waals surface area (Å²) < 4.78 is 4.92. The van der Waals surface area contributed by atoms with Crippen molar-refractivity contribution in [3.63, 3.8) is 0 Å². The third-order valence-corrected chi connectivity index (χ3v) is 2.73. The molecule has 0 aliphatic rings. The molecule has 3 N–H and O–H groups in total. The number of esters is 1. The Bertz CT molecular complexity index is 291. The third kappa shape index (κ3) is 7.12. The van der Waals surface area contributed by atoms with Crippen LogP contribution in [0.25, 0.3) is 0 Å². The SMILES string of the molecule is CCCC(=O)OCCCNC(=O)C(O)C(C)(C)CO. The smallest absolute Gasteiger partial charge is 0.305 e. The topological polar surface area (TPSA) is 95.9 Å². The number of hydrogen-bond acceptors (Lipinski definition) is 5. The summed E-state index contributed by atoms with van der Waals surface area (Å²) in [5.74, 6) is -0.769. The monoisotopic (exact) mass is 275 g/mol. The molecule has 19 heavy (non-hydrogen) atoms. The molecule has 0 rings (SSSR count). The van der Waals surface area contributed by atoms with Crippen molar-refractivity contribution in [2.24, 2.45) is 5.41 Å². The Hall–Kier alpha value is -1.14. The first-order chi connectivity index (χ1) is 8.85. The lowest BCUT2D eigenvalue weighted by Gasteiger charge is -2.27. The number of ether oxygens (including phenoxy) is 1. The van der Waals surface area contributed by atoms with Crippen molar-refractivity contribution >= 4 is 11.9 Å². The molecule has 0 aromatic rings. The fourth-order valence-corrected chi connectivity index (χ4v) is 1.28. The molecule has 0 radical (unpaired) electrons. The van der Waals surface area contributed by atoms with Gasteiger partial charge in [0, 0.05) is 18.4 Å². The highest BCUT2D eigenvalue weighted by Crippen LogP contribution is 2.19. The van der Waals surface area contributed by atoms with Crippen molar-refractivity contribution < 1.29 is 24.5 Å². The molecule has 0 spiro atoms. The van der Waals surface area contributed by atoms with Gasteiger partial charge < -0.3 is 20.3 Å². The van der Waals surface area contributed by atoms with Crippen LogP contribution in [0, 0.1) is 5.41 Å². The molecule has 1 unspecified atom stereocenters. The highest BCUT2D eigenvalue weighted by atomic mass is 16.5. The van der Waals surface area contributed by atoms with Crippen molar-refractivity contribution in [3.05, 3.63) is 0 Å². The number of carbonyl (C=O) groups is 2. The molecule has 0 aliphatic carbocycles. The minimum Gasteiger partial charge on any atom is -0.466 e. The number of rotatable bonds is 9. The Morgan fingerprint density at radius 1 is 1.37 bits per heavy atom. The van der Waals surface area contributed by atoms with E-state index < -0.39 is 17.4 Å². The molecule has 0 saturated heterocycles. The number of carbonyl (C=O) groups excluding carboxylic acids is 2.